The smallest absolute Gasteiger partial charge is 0.165 e. The topological polar surface area (TPSA) is 105 Å². The minimum absolute atomic E-state index is 0.829. The molecule has 12 aromatic heterocycles. The van der Waals surface area contributed by atoms with Gasteiger partial charge in [0.1, 0.15) is 17.1 Å². The van der Waals surface area contributed by atoms with Crippen molar-refractivity contribution in [2.45, 2.75) is 0 Å². The normalized spacial score (nSPS) is 12.4. The van der Waals surface area contributed by atoms with Crippen LogP contribution in [0.25, 0.3) is 329 Å². The average molecular weight is 1900 g/mol. The molecular weight excluding hydrogens is 1830 g/mol. The van der Waals surface area contributed by atoms with Crippen LogP contribution in [-0.4, -0.2) is 56.8 Å². The fourth-order valence-corrected chi connectivity index (χ4v) is 26.3. The number of para-hydroxylation sites is 3. The molecule has 0 saturated heterocycles. The number of fused-ring (bicyclic) bond motifs is 30. The van der Waals surface area contributed by atoms with Crippen molar-refractivity contribution in [3.8, 4) is 51.2 Å². The monoisotopic (exact) mass is 1900 g/mol. The Bertz CT molecular complexity index is 12200. The lowest BCUT2D eigenvalue weighted by molar-refractivity contribution is 1.08. The third-order valence-corrected chi connectivity index (χ3v) is 32.4. The maximum atomic E-state index is 5.59. The Labute approximate surface area is 852 Å². The minimum Gasteiger partial charge on any atom is -0.308 e. The molecule has 0 atom stereocenters. The molecule has 12 nitrogen and oxygen atoms in total. The van der Waals surface area contributed by atoms with Gasteiger partial charge in [0.05, 0.1) is 116 Å². The van der Waals surface area contributed by atoms with Gasteiger partial charge in [-0.05, 0) is 168 Å². The molecule has 0 radical (unpaired) electrons. The molecule has 36 aromatic rings. The van der Waals surface area contributed by atoms with Crippen molar-refractivity contribution in [3.63, 3.8) is 0 Å². The summed E-state index contributed by atoms with van der Waals surface area (Å²) in [4.78, 5) is 32.9. The summed E-state index contributed by atoms with van der Waals surface area (Å²) in [6, 6.07) is 170. The summed E-state index contributed by atoms with van der Waals surface area (Å²) in [5, 5.41) is 36.9. The molecule has 0 saturated carbocycles. The third kappa shape index (κ3) is 11.1. The zero-order valence-corrected chi connectivity index (χ0v) is 80.4. The van der Waals surface area contributed by atoms with Crippen LogP contribution < -0.4 is 0 Å². The summed E-state index contributed by atoms with van der Waals surface area (Å²) >= 11 is 0. The fourth-order valence-electron chi connectivity index (χ4n) is 26.3. The number of aromatic nitrogens is 12. The summed E-state index contributed by atoms with van der Waals surface area (Å²) in [6.45, 7) is 0. The zero-order chi connectivity index (χ0) is 97.5. The second-order valence-electron chi connectivity index (χ2n) is 40.0. The fraction of sp³-hybridized carbons (Fsp3) is 0. The van der Waals surface area contributed by atoms with Crippen LogP contribution in [0.2, 0.25) is 0 Å². The van der Waals surface area contributed by atoms with Crippen LogP contribution in [0.5, 0.6) is 0 Å². The highest BCUT2D eigenvalue weighted by Crippen LogP contribution is 2.53. The van der Waals surface area contributed by atoms with Gasteiger partial charge in [0.2, 0.25) is 0 Å². The Balaban J connectivity index is 0.0000000957. The van der Waals surface area contributed by atoms with Gasteiger partial charge in [-0.1, -0.05) is 370 Å². The van der Waals surface area contributed by atoms with Gasteiger partial charge in [-0.2, -0.15) is 0 Å². The van der Waals surface area contributed by atoms with Gasteiger partial charge in [-0.3, -0.25) is 13.7 Å². The van der Waals surface area contributed by atoms with E-state index in [9.17, 15) is 0 Å². The van der Waals surface area contributed by atoms with E-state index in [1.807, 2.05) is 0 Å². The van der Waals surface area contributed by atoms with Crippen molar-refractivity contribution in [3.05, 3.63) is 473 Å². The maximum Gasteiger partial charge on any atom is 0.165 e. The predicted molar refractivity (Wildman–Crippen MR) is 627 cm³/mol. The minimum atomic E-state index is 0.829. The van der Waals surface area contributed by atoms with Gasteiger partial charge in [-0.15, -0.1) is 0 Å². The Morgan fingerprint density at radius 2 is 0.400 bits per heavy atom. The first-order valence-corrected chi connectivity index (χ1v) is 51.3. The molecular formula is C138H78N12. The van der Waals surface area contributed by atoms with Crippen LogP contribution in [0.15, 0.2) is 473 Å². The van der Waals surface area contributed by atoms with Crippen LogP contribution in [-0.2, 0) is 0 Å². The first-order valence-electron chi connectivity index (χ1n) is 51.3. The lowest BCUT2D eigenvalue weighted by atomic mass is 9.98. The number of rotatable bonds is 6. The number of hydrogen-bond acceptors (Lipinski definition) is 6. The van der Waals surface area contributed by atoms with Gasteiger partial charge in [-0.25, -0.2) is 29.9 Å². The molecule has 0 spiro atoms. The zero-order valence-electron chi connectivity index (χ0n) is 80.4. The van der Waals surface area contributed by atoms with E-state index in [4.69, 9.17) is 29.9 Å². The van der Waals surface area contributed by atoms with E-state index in [0.29, 0.717) is 0 Å². The average Bonchev–Trinajstić information content (AvgIpc) is 1.53. The Morgan fingerprint density at radius 1 is 0.133 bits per heavy atom. The van der Waals surface area contributed by atoms with Crippen LogP contribution in [0.3, 0.4) is 0 Å². The Hall–Kier alpha value is -20.3. The maximum absolute atomic E-state index is 5.59. The van der Waals surface area contributed by atoms with Crippen molar-refractivity contribution in [2.24, 2.45) is 0 Å². The molecule has 0 aliphatic heterocycles. The van der Waals surface area contributed by atoms with Crippen molar-refractivity contribution < 1.29 is 0 Å². The molecule has 0 unspecified atom stereocenters. The molecule has 0 bridgehead atoms. The van der Waals surface area contributed by atoms with E-state index in [1.165, 1.54) is 179 Å². The van der Waals surface area contributed by atoms with Crippen molar-refractivity contribution >= 4 is 277 Å². The predicted octanol–water partition coefficient (Wildman–Crippen LogP) is 35.6. The largest absolute Gasteiger partial charge is 0.308 e. The van der Waals surface area contributed by atoms with E-state index in [-0.39, 0.29) is 0 Å². The van der Waals surface area contributed by atoms with Gasteiger partial charge in [0.25, 0.3) is 0 Å². The standard InChI is InChI=1S/3C46H26N4/c1-2-13-28(14-3-1)43-46(48-44-31-17-7-4-12-27(31)24-25-35(44)47-43)50-37-21-10-19-32-34-26-29-15-5-6-16-30(29)40-33-18-8-9-20-36(33)49(45(34)40)38-22-11-23-39(50)42(38)41(32)37;1-2-13-28(14-3-1)43-46(48-44-31-17-7-4-12-27(31)24-25-35(44)47-43)50-37-21-10-19-33-40-30-16-6-5-15-29(30)26-34-32-18-8-9-20-36(32)49(45(34)40)38-22-11-23-39(50)42(38)41(33)37;1-2-13-29(14-3-1)43-46(48-44-31-16-7-5-12-28(31)23-25-35(44)47-43)50-36-20-9-17-32-33-18-8-19-34-40-30-15-6-4-11-27(30)24-26-39(40)49(45(33)34)37-21-10-22-38(50)42(37)41(32)36/h3*1-26H. The quantitative estimate of drug-likeness (QED) is 0.154. The molecule has 24 aromatic carbocycles. The summed E-state index contributed by atoms with van der Waals surface area (Å²) in [5.74, 6) is 2.49. The molecule has 12 heteroatoms. The van der Waals surface area contributed by atoms with Crippen molar-refractivity contribution in [1.29, 1.82) is 0 Å². The Kier molecular flexibility index (Phi) is 16.6. The van der Waals surface area contributed by atoms with Crippen LogP contribution in [0.1, 0.15) is 0 Å². The molecule has 12 heterocycles. The highest BCUT2D eigenvalue weighted by Gasteiger charge is 2.32. The van der Waals surface area contributed by atoms with E-state index in [0.717, 1.165) is 150 Å². The first kappa shape index (κ1) is 81.1. The molecule has 0 amide bonds. The van der Waals surface area contributed by atoms with E-state index < -0.39 is 0 Å². The highest BCUT2D eigenvalue weighted by atomic mass is 15.1. The highest BCUT2D eigenvalue weighted by molar-refractivity contribution is 6.39. The number of benzene rings is 24. The van der Waals surface area contributed by atoms with E-state index in [1.54, 1.807) is 0 Å². The van der Waals surface area contributed by atoms with Gasteiger partial charge in [0.15, 0.2) is 17.5 Å². The first-order chi connectivity index (χ1) is 74.5. The molecule has 0 aliphatic carbocycles. The molecule has 0 N–H and O–H groups in total. The lowest BCUT2D eigenvalue weighted by Crippen LogP contribution is -2.04. The Morgan fingerprint density at radius 3 is 0.840 bits per heavy atom. The van der Waals surface area contributed by atoms with Crippen LogP contribution in [0, 0.1) is 0 Å². The molecule has 0 aliphatic rings. The van der Waals surface area contributed by atoms with E-state index in [2.05, 4.69) is 500 Å². The van der Waals surface area contributed by atoms with Gasteiger partial charge in [0, 0.05) is 114 Å². The number of hydrogen-bond donors (Lipinski definition) is 0. The van der Waals surface area contributed by atoms with Gasteiger partial charge < -0.3 is 13.2 Å². The van der Waals surface area contributed by atoms with Crippen LogP contribution >= 0.6 is 0 Å². The summed E-state index contributed by atoms with van der Waals surface area (Å²) in [7, 11) is 0. The molecule has 690 valence electrons. The van der Waals surface area contributed by atoms with E-state index >= 15 is 0 Å². The van der Waals surface area contributed by atoms with Crippen molar-refractivity contribution in [1.82, 2.24) is 56.8 Å². The van der Waals surface area contributed by atoms with Crippen LogP contribution in [0.4, 0.5) is 0 Å². The van der Waals surface area contributed by atoms with Crippen molar-refractivity contribution in [2.75, 3.05) is 0 Å². The molecule has 0 fully saturated rings. The molecule has 150 heavy (non-hydrogen) atoms. The second kappa shape index (κ2) is 30.6. The third-order valence-electron chi connectivity index (χ3n) is 32.4. The summed E-state index contributed by atoms with van der Waals surface area (Å²) in [6.07, 6.45) is 0. The molecule has 36 rings (SSSR count). The lowest BCUT2D eigenvalue weighted by Gasteiger charge is -2.15. The second-order valence-corrected chi connectivity index (χ2v) is 40.0. The SMILES string of the molecule is c1ccc(-c2nc3ccc4ccccc4c3nc2-n2c3cccc4c3c3c2cccc3n2c3ccccc3c3cc5ccccc5c4c32)cc1.c1ccc(-c2nc3ccc4ccccc4c3nc2-n2c3cccc4c5cc6ccccc6c6c7ccccc7n(c7cccc2c7c43)c56)cc1.c1ccc(-c2nc3ccc4ccccc4c3nc2-n2c3cccc4c5cccc6c7c8ccccc8ccc7n(c7cccc2c7c43)c56)cc1. The summed E-state index contributed by atoms with van der Waals surface area (Å²) < 4.78 is 14.6. The summed E-state index contributed by atoms with van der Waals surface area (Å²) in [5.41, 5.74) is 28.7. The number of nitrogens with zero attached hydrogens (tertiary/aromatic N) is 12. The van der Waals surface area contributed by atoms with Gasteiger partial charge >= 0.3 is 0 Å².